The second kappa shape index (κ2) is 8.69. The number of carboxylic acid groups (broad SMARTS) is 1. The molecule has 0 unspecified atom stereocenters. The van der Waals surface area contributed by atoms with Crippen molar-refractivity contribution in [2.75, 3.05) is 5.32 Å². The first-order chi connectivity index (χ1) is 14.2. The maximum absolute atomic E-state index is 12.4. The predicted molar refractivity (Wildman–Crippen MR) is 112 cm³/mol. The lowest BCUT2D eigenvalue weighted by molar-refractivity contribution is -0.146. The molecule has 4 N–H and O–H groups in total. The van der Waals surface area contributed by atoms with Gasteiger partial charge in [0.15, 0.2) is 0 Å². The number of aliphatic carboxylic acids is 1. The van der Waals surface area contributed by atoms with E-state index in [0.29, 0.717) is 17.3 Å². The Hall–Kier alpha value is -3.16. The second-order valence-electron chi connectivity index (χ2n) is 8.47. The van der Waals surface area contributed by atoms with E-state index >= 15 is 0 Å². The van der Waals surface area contributed by atoms with Crippen molar-refractivity contribution in [2.24, 2.45) is 5.92 Å². The highest BCUT2D eigenvalue weighted by Gasteiger charge is 2.33. The molecule has 0 radical (unpaired) electrons. The fraction of sp³-hybridized carbons (Fsp3) is 0.455. The molecule has 1 fully saturated rings. The summed E-state index contributed by atoms with van der Waals surface area (Å²) in [6.45, 7) is 4.80. The maximum atomic E-state index is 12.4. The van der Waals surface area contributed by atoms with Gasteiger partial charge in [0.2, 0.25) is 5.91 Å². The van der Waals surface area contributed by atoms with Crippen molar-refractivity contribution in [3.05, 3.63) is 47.3 Å². The van der Waals surface area contributed by atoms with E-state index in [1.165, 1.54) is 19.4 Å². The lowest BCUT2D eigenvalue weighted by Crippen LogP contribution is -2.51. The molecule has 1 aliphatic rings. The van der Waals surface area contributed by atoms with Crippen molar-refractivity contribution >= 4 is 23.5 Å². The van der Waals surface area contributed by atoms with Crippen LogP contribution >= 0.6 is 0 Å². The van der Waals surface area contributed by atoms with Gasteiger partial charge in [-0.2, -0.15) is 5.10 Å². The van der Waals surface area contributed by atoms with Gasteiger partial charge in [0.05, 0.1) is 5.69 Å². The summed E-state index contributed by atoms with van der Waals surface area (Å²) in [6.07, 6.45) is 3.18. The highest BCUT2D eigenvalue weighted by Crippen LogP contribution is 2.36. The van der Waals surface area contributed by atoms with Gasteiger partial charge in [-0.3, -0.25) is 14.7 Å². The summed E-state index contributed by atoms with van der Waals surface area (Å²) in [5.41, 5.74) is 1.80. The van der Waals surface area contributed by atoms with Gasteiger partial charge in [-0.1, -0.05) is 12.1 Å². The number of carbonyl (C=O) groups is 3. The van der Waals surface area contributed by atoms with Gasteiger partial charge in [0, 0.05) is 11.6 Å². The van der Waals surface area contributed by atoms with Gasteiger partial charge in [-0.15, -0.1) is 0 Å². The zero-order chi connectivity index (χ0) is 21.9. The van der Waals surface area contributed by atoms with E-state index in [4.69, 9.17) is 0 Å². The molecule has 2 amide bonds. The number of hydrogen-bond donors (Lipinski definition) is 4. The number of H-pyrrole nitrogens is 1. The van der Waals surface area contributed by atoms with Crippen LogP contribution in [0.15, 0.2) is 30.3 Å². The summed E-state index contributed by atoms with van der Waals surface area (Å²) >= 11 is 0. The van der Waals surface area contributed by atoms with Crippen LogP contribution in [-0.4, -0.2) is 38.6 Å². The molecule has 0 saturated heterocycles. The molecule has 1 heterocycles. The number of carboxylic acids is 1. The number of benzene rings is 1. The van der Waals surface area contributed by atoms with Gasteiger partial charge in [-0.25, -0.2) is 4.79 Å². The van der Waals surface area contributed by atoms with Gasteiger partial charge in [0.1, 0.15) is 11.2 Å². The summed E-state index contributed by atoms with van der Waals surface area (Å²) < 4.78 is 0. The third-order valence-electron chi connectivity index (χ3n) is 5.66. The minimum Gasteiger partial charge on any atom is -0.480 e. The Balaban J connectivity index is 1.53. The minimum absolute atomic E-state index is 0.156. The van der Waals surface area contributed by atoms with Crippen LogP contribution in [0.4, 0.5) is 5.69 Å². The van der Waals surface area contributed by atoms with Crippen LogP contribution in [0.1, 0.15) is 67.2 Å². The lowest BCUT2D eigenvalue weighted by Gasteiger charge is -2.30. The van der Waals surface area contributed by atoms with Gasteiger partial charge >= 0.3 is 5.97 Å². The Morgan fingerprint density at radius 1 is 1.10 bits per heavy atom. The Morgan fingerprint density at radius 2 is 1.73 bits per heavy atom. The van der Waals surface area contributed by atoms with Crippen molar-refractivity contribution in [1.29, 1.82) is 0 Å². The molecule has 0 aliphatic heterocycles. The number of rotatable bonds is 6. The lowest BCUT2D eigenvalue weighted by atomic mass is 9.78. The molecule has 30 heavy (non-hydrogen) atoms. The van der Waals surface area contributed by atoms with Gasteiger partial charge < -0.3 is 15.7 Å². The molecule has 1 aliphatic carbocycles. The molecular formula is C22H28N4O4. The molecule has 0 atom stereocenters. The van der Waals surface area contributed by atoms with Gasteiger partial charge in [0.25, 0.3) is 5.91 Å². The third kappa shape index (κ3) is 5.06. The van der Waals surface area contributed by atoms with Crippen LogP contribution in [0.25, 0.3) is 0 Å². The minimum atomic E-state index is -1.26. The number of hydrogen-bond acceptors (Lipinski definition) is 4. The highest BCUT2D eigenvalue weighted by molar-refractivity contribution is 6.02. The number of aryl methyl sites for hydroxylation is 1. The summed E-state index contributed by atoms with van der Waals surface area (Å²) in [7, 11) is 0. The number of carbonyl (C=O) groups excluding carboxylic acids is 2. The van der Waals surface area contributed by atoms with E-state index in [1.54, 1.807) is 6.07 Å². The SMILES string of the molecule is Cc1cc(C(=O)Nc2ccc(C3CCC(C(=O)NC(C)(C)C(=O)O)CC3)cc2)[nH]n1. The number of amides is 2. The Morgan fingerprint density at radius 3 is 2.27 bits per heavy atom. The molecule has 160 valence electrons. The van der Waals surface area contributed by atoms with Gasteiger partial charge in [-0.05, 0) is 76.1 Å². The smallest absolute Gasteiger partial charge is 0.328 e. The topological polar surface area (TPSA) is 124 Å². The molecule has 1 saturated carbocycles. The Kier molecular flexibility index (Phi) is 6.24. The van der Waals surface area contributed by atoms with E-state index < -0.39 is 11.5 Å². The molecule has 8 heteroatoms. The van der Waals surface area contributed by atoms with Crippen molar-refractivity contribution < 1.29 is 19.5 Å². The fourth-order valence-electron chi connectivity index (χ4n) is 3.73. The number of nitrogens with one attached hydrogen (secondary N) is 3. The molecular weight excluding hydrogens is 384 g/mol. The van der Waals surface area contributed by atoms with E-state index in [1.807, 2.05) is 31.2 Å². The van der Waals surface area contributed by atoms with Crippen LogP contribution < -0.4 is 10.6 Å². The molecule has 1 aromatic heterocycles. The summed E-state index contributed by atoms with van der Waals surface area (Å²) in [4.78, 5) is 35.8. The fourth-order valence-corrected chi connectivity index (χ4v) is 3.73. The van der Waals surface area contributed by atoms with E-state index in [2.05, 4.69) is 20.8 Å². The van der Waals surface area contributed by atoms with Crippen molar-refractivity contribution in [3.63, 3.8) is 0 Å². The standard InChI is InChI=1S/C22H28N4O4/c1-13-12-18(26-25-13)20(28)23-17-10-8-15(9-11-17)14-4-6-16(7-5-14)19(27)24-22(2,3)21(29)30/h8-12,14,16H,4-7H2,1-3H3,(H,23,28)(H,24,27)(H,25,26)(H,29,30). The highest BCUT2D eigenvalue weighted by atomic mass is 16.4. The van der Waals surface area contributed by atoms with Crippen molar-refractivity contribution in [3.8, 4) is 0 Å². The Bertz CT molecular complexity index is 925. The van der Waals surface area contributed by atoms with Crippen molar-refractivity contribution in [2.45, 2.75) is 57.9 Å². The van der Waals surface area contributed by atoms with Crippen LogP contribution in [0.3, 0.4) is 0 Å². The first-order valence-corrected chi connectivity index (χ1v) is 10.1. The van der Waals surface area contributed by atoms with Crippen LogP contribution in [-0.2, 0) is 9.59 Å². The summed E-state index contributed by atoms with van der Waals surface area (Å²) in [5, 5.41) is 21.3. The maximum Gasteiger partial charge on any atom is 0.328 e. The molecule has 1 aromatic carbocycles. The number of anilines is 1. The first kappa shape index (κ1) is 21.5. The normalized spacial score (nSPS) is 19.2. The third-order valence-corrected chi connectivity index (χ3v) is 5.66. The van der Waals surface area contributed by atoms with Crippen LogP contribution in [0.5, 0.6) is 0 Å². The number of aromatic nitrogens is 2. The molecule has 0 bridgehead atoms. The summed E-state index contributed by atoms with van der Waals surface area (Å²) in [5.74, 6) is -1.27. The average Bonchev–Trinajstić information content (AvgIpc) is 3.15. The average molecular weight is 412 g/mol. The predicted octanol–water partition coefficient (Wildman–Crippen LogP) is 3.22. The van der Waals surface area contributed by atoms with E-state index in [-0.39, 0.29) is 17.7 Å². The molecule has 3 rings (SSSR count). The summed E-state index contributed by atoms with van der Waals surface area (Å²) in [6, 6.07) is 9.46. The first-order valence-electron chi connectivity index (χ1n) is 10.1. The monoisotopic (exact) mass is 412 g/mol. The van der Waals surface area contributed by atoms with Crippen LogP contribution in [0, 0.1) is 12.8 Å². The zero-order valence-electron chi connectivity index (χ0n) is 17.5. The molecule has 2 aromatic rings. The quantitative estimate of drug-likeness (QED) is 0.580. The molecule has 8 nitrogen and oxygen atoms in total. The van der Waals surface area contributed by atoms with Crippen molar-refractivity contribution in [1.82, 2.24) is 15.5 Å². The molecule has 0 spiro atoms. The second-order valence-corrected chi connectivity index (χ2v) is 8.47. The van der Waals surface area contributed by atoms with E-state index in [9.17, 15) is 19.5 Å². The van der Waals surface area contributed by atoms with Crippen LogP contribution in [0.2, 0.25) is 0 Å². The zero-order valence-corrected chi connectivity index (χ0v) is 17.5. The number of nitrogens with zero attached hydrogens (tertiary/aromatic N) is 1. The number of aromatic amines is 1. The Labute approximate surface area is 175 Å². The van der Waals surface area contributed by atoms with E-state index in [0.717, 1.165) is 31.4 Å². The largest absolute Gasteiger partial charge is 0.480 e.